The SMILES string of the molecule is CNC(=O)c1cc(NCC#Cc2cc(C(=O)N[C@@H]3CCN(C4(C)CCOCC4)C[C@@H]3C)c3ncn(CC(F)(F)F)c3c2)c(OC)cc1F. The molecule has 48 heavy (non-hydrogen) atoms. The predicted molar refractivity (Wildman–Crippen MR) is 173 cm³/mol. The second kappa shape index (κ2) is 14.4. The number of piperidine rings is 1. The number of amides is 2. The van der Waals surface area contributed by atoms with Crippen molar-refractivity contribution in [3.8, 4) is 17.6 Å². The zero-order chi connectivity index (χ0) is 34.6. The van der Waals surface area contributed by atoms with Crippen molar-refractivity contribution in [2.75, 3.05) is 52.3 Å². The molecule has 2 amide bonds. The first kappa shape index (κ1) is 35.0. The minimum atomic E-state index is -4.51. The van der Waals surface area contributed by atoms with Crippen LogP contribution in [0.5, 0.6) is 5.75 Å². The van der Waals surface area contributed by atoms with E-state index in [1.54, 1.807) is 0 Å². The molecule has 1 aromatic heterocycles. The maximum atomic E-state index is 14.4. The number of hydrogen-bond donors (Lipinski definition) is 3. The van der Waals surface area contributed by atoms with Crippen molar-refractivity contribution in [1.82, 2.24) is 25.1 Å². The van der Waals surface area contributed by atoms with Crippen LogP contribution in [0, 0.1) is 23.6 Å². The van der Waals surface area contributed by atoms with Crippen LogP contribution in [-0.2, 0) is 11.3 Å². The molecule has 2 saturated heterocycles. The number of ether oxygens (including phenoxy) is 2. The molecule has 0 bridgehead atoms. The molecular formula is C34H40F4N6O4. The van der Waals surface area contributed by atoms with Crippen LogP contribution in [0.25, 0.3) is 11.0 Å². The first-order chi connectivity index (χ1) is 22.8. The van der Waals surface area contributed by atoms with Gasteiger partial charge in [0, 0.05) is 56.6 Å². The summed E-state index contributed by atoms with van der Waals surface area (Å²) in [6.45, 7) is 6.16. The molecule has 14 heteroatoms. The van der Waals surface area contributed by atoms with Gasteiger partial charge in [-0.2, -0.15) is 13.2 Å². The number of nitrogens with one attached hydrogen (secondary N) is 3. The van der Waals surface area contributed by atoms with Gasteiger partial charge in [-0.05, 0) is 50.3 Å². The van der Waals surface area contributed by atoms with Gasteiger partial charge in [0.2, 0.25) is 0 Å². The van der Waals surface area contributed by atoms with Gasteiger partial charge in [-0.3, -0.25) is 14.5 Å². The fraction of sp³-hybridized carbons (Fsp3) is 0.500. The number of halogens is 4. The molecule has 3 aromatic rings. The third-order valence-electron chi connectivity index (χ3n) is 9.24. The van der Waals surface area contributed by atoms with E-state index in [-0.39, 0.29) is 52.0 Å². The third kappa shape index (κ3) is 7.85. The van der Waals surface area contributed by atoms with Crippen molar-refractivity contribution in [2.45, 2.75) is 57.4 Å². The van der Waals surface area contributed by atoms with Crippen LogP contribution >= 0.6 is 0 Å². The predicted octanol–water partition coefficient (Wildman–Crippen LogP) is 4.58. The van der Waals surface area contributed by atoms with Crippen molar-refractivity contribution in [1.29, 1.82) is 0 Å². The maximum absolute atomic E-state index is 14.4. The van der Waals surface area contributed by atoms with Gasteiger partial charge >= 0.3 is 6.18 Å². The third-order valence-corrected chi connectivity index (χ3v) is 9.24. The number of carbonyl (C=O) groups is 2. The largest absolute Gasteiger partial charge is 0.494 e. The number of nitrogens with zero attached hydrogens (tertiary/aromatic N) is 3. The molecule has 0 saturated carbocycles. The molecule has 3 N–H and O–H groups in total. The molecule has 2 fully saturated rings. The molecule has 2 aliphatic rings. The number of methoxy groups -OCH3 is 1. The Hall–Kier alpha value is -4.35. The van der Waals surface area contributed by atoms with Crippen molar-refractivity contribution in [3.63, 3.8) is 0 Å². The molecule has 2 atom stereocenters. The maximum Gasteiger partial charge on any atom is 0.406 e. The fourth-order valence-electron chi connectivity index (χ4n) is 6.41. The summed E-state index contributed by atoms with van der Waals surface area (Å²) >= 11 is 0. The highest BCUT2D eigenvalue weighted by atomic mass is 19.4. The average Bonchev–Trinajstić information content (AvgIpc) is 3.44. The molecule has 2 aromatic carbocycles. The lowest BCUT2D eigenvalue weighted by Crippen LogP contribution is -2.58. The summed E-state index contributed by atoms with van der Waals surface area (Å²) in [6.07, 6.45) is -0.795. The Balaban J connectivity index is 1.37. The number of likely N-dealkylation sites (tertiary alicyclic amines) is 1. The second-order valence-corrected chi connectivity index (χ2v) is 12.5. The Morgan fingerprint density at radius 2 is 1.90 bits per heavy atom. The van der Waals surface area contributed by atoms with Crippen molar-refractivity contribution in [3.05, 3.63) is 53.1 Å². The van der Waals surface area contributed by atoms with Gasteiger partial charge in [-0.25, -0.2) is 9.37 Å². The summed E-state index contributed by atoms with van der Waals surface area (Å²) in [5.74, 6) is 4.29. The Kier molecular flexibility index (Phi) is 10.5. The molecule has 3 heterocycles. The summed E-state index contributed by atoms with van der Waals surface area (Å²) in [7, 11) is 2.74. The molecule has 0 radical (unpaired) electrons. The van der Waals surface area contributed by atoms with E-state index in [9.17, 15) is 27.2 Å². The smallest absolute Gasteiger partial charge is 0.406 e. The standard InChI is InChI=1S/C34H40F4N6O4/c1-21-18-44(33(2)8-12-48-13-9-33)11-7-26(21)42-32(46)24-14-22(15-28-30(24)41-20-43(28)19-34(36,37)38)6-5-10-40-27-16-23(31(45)39-3)25(35)17-29(27)47-4/h14-17,20-21,26,40H,7-13,18-19H2,1-4H3,(H,39,45)(H,42,46)/t21-,26+/m0/s1. The quantitative estimate of drug-likeness (QED) is 0.238. The van der Waals surface area contributed by atoms with Crippen molar-refractivity contribution in [2.24, 2.45) is 5.92 Å². The summed E-state index contributed by atoms with van der Waals surface area (Å²) in [5.41, 5.74) is 0.899. The first-order valence-corrected chi connectivity index (χ1v) is 15.8. The lowest BCUT2D eigenvalue weighted by atomic mass is 9.84. The highest BCUT2D eigenvalue weighted by Crippen LogP contribution is 2.33. The second-order valence-electron chi connectivity index (χ2n) is 12.5. The number of imidazole rings is 1. The van der Waals surface area contributed by atoms with E-state index in [4.69, 9.17) is 9.47 Å². The Bertz CT molecular complexity index is 1720. The van der Waals surface area contributed by atoms with Crippen LogP contribution < -0.4 is 20.7 Å². The monoisotopic (exact) mass is 672 g/mol. The summed E-state index contributed by atoms with van der Waals surface area (Å²) in [5, 5.41) is 8.48. The molecule has 5 rings (SSSR count). The van der Waals surface area contributed by atoms with E-state index in [0.717, 1.165) is 62.5 Å². The van der Waals surface area contributed by atoms with E-state index in [0.29, 0.717) is 11.3 Å². The minimum Gasteiger partial charge on any atom is -0.494 e. The van der Waals surface area contributed by atoms with E-state index < -0.39 is 30.4 Å². The van der Waals surface area contributed by atoms with Gasteiger partial charge in [-0.15, -0.1) is 0 Å². The Morgan fingerprint density at radius 3 is 2.56 bits per heavy atom. The highest BCUT2D eigenvalue weighted by Gasteiger charge is 2.39. The Labute approximate surface area is 276 Å². The van der Waals surface area contributed by atoms with Gasteiger partial charge in [0.15, 0.2) is 0 Å². The van der Waals surface area contributed by atoms with Crippen LogP contribution in [0.3, 0.4) is 0 Å². The number of anilines is 1. The normalized spacial score (nSPS) is 19.7. The molecule has 10 nitrogen and oxygen atoms in total. The van der Waals surface area contributed by atoms with Crippen LogP contribution in [0.15, 0.2) is 30.6 Å². The van der Waals surface area contributed by atoms with Crippen molar-refractivity contribution >= 4 is 28.5 Å². The first-order valence-electron chi connectivity index (χ1n) is 15.8. The lowest BCUT2D eigenvalue weighted by molar-refractivity contribution is -0.140. The summed E-state index contributed by atoms with van der Waals surface area (Å²) in [4.78, 5) is 32.5. The van der Waals surface area contributed by atoms with Gasteiger partial charge in [-0.1, -0.05) is 18.8 Å². The lowest BCUT2D eigenvalue weighted by Gasteiger charge is -2.49. The van der Waals surface area contributed by atoms with E-state index in [1.165, 1.54) is 32.4 Å². The van der Waals surface area contributed by atoms with Gasteiger partial charge in [0.25, 0.3) is 11.8 Å². The minimum absolute atomic E-state index is 0.0116. The summed E-state index contributed by atoms with van der Waals surface area (Å²) < 4.78 is 66.4. The summed E-state index contributed by atoms with van der Waals surface area (Å²) in [6, 6.07) is 5.25. The zero-order valence-electron chi connectivity index (χ0n) is 27.4. The van der Waals surface area contributed by atoms with E-state index in [2.05, 4.69) is 51.5 Å². The Morgan fingerprint density at radius 1 is 1.15 bits per heavy atom. The number of rotatable bonds is 8. The van der Waals surface area contributed by atoms with Gasteiger partial charge < -0.3 is 30.0 Å². The number of aromatic nitrogens is 2. The van der Waals surface area contributed by atoms with E-state index >= 15 is 0 Å². The highest BCUT2D eigenvalue weighted by molar-refractivity contribution is 6.05. The molecule has 258 valence electrons. The van der Waals surface area contributed by atoms with Crippen LogP contribution in [-0.4, -0.2) is 91.0 Å². The molecule has 0 spiro atoms. The number of benzene rings is 2. The fourth-order valence-corrected chi connectivity index (χ4v) is 6.41. The van der Waals surface area contributed by atoms with E-state index in [1.807, 2.05) is 0 Å². The topological polar surface area (TPSA) is 110 Å². The number of fused-ring (bicyclic) bond motifs is 1. The molecular weight excluding hydrogens is 632 g/mol. The number of hydrogen-bond acceptors (Lipinski definition) is 7. The molecule has 0 unspecified atom stereocenters. The van der Waals surface area contributed by atoms with Crippen LogP contribution in [0.1, 0.15) is 59.4 Å². The van der Waals surface area contributed by atoms with Gasteiger partial charge in [0.05, 0.1) is 42.3 Å². The van der Waals surface area contributed by atoms with Crippen molar-refractivity contribution < 1.29 is 36.6 Å². The van der Waals surface area contributed by atoms with Gasteiger partial charge in [0.1, 0.15) is 23.6 Å². The molecule has 2 aliphatic heterocycles. The average molecular weight is 673 g/mol. The zero-order valence-corrected chi connectivity index (χ0v) is 27.4. The van der Waals surface area contributed by atoms with Crippen LogP contribution in [0.4, 0.5) is 23.2 Å². The van der Waals surface area contributed by atoms with Crippen LogP contribution in [0.2, 0.25) is 0 Å². The number of alkyl halides is 3. The number of carbonyl (C=O) groups excluding carboxylic acids is 2. The molecule has 0 aliphatic carbocycles.